The zero-order valence-corrected chi connectivity index (χ0v) is 17.1. The molecule has 29 heavy (non-hydrogen) atoms. The molecule has 0 radical (unpaired) electrons. The second-order valence-corrected chi connectivity index (χ2v) is 8.74. The van der Waals surface area contributed by atoms with Crippen LogP contribution in [-0.2, 0) is 19.6 Å². The van der Waals surface area contributed by atoms with Crippen LogP contribution in [0.5, 0.6) is 0 Å². The molecule has 2 aromatic rings. The van der Waals surface area contributed by atoms with E-state index in [-0.39, 0.29) is 22.0 Å². The van der Waals surface area contributed by atoms with Crippen LogP contribution < -0.4 is 9.62 Å². The zero-order chi connectivity index (χ0) is 21.3. The van der Waals surface area contributed by atoms with E-state index in [0.29, 0.717) is 11.3 Å². The number of sulfonamides is 1. The Balaban J connectivity index is 1.81. The number of benzene rings is 2. The van der Waals surface area contributed by atoms with Crippen LogP contribution in [-0.4, -0.2) is 39.1 Å². The largest absolute Gasteiger partial charge is 0.465 e. The van der Waals surface area contributed by atoms with Gasteiger partial charge in [0.05, 0.1) is 40.6 Å². The van der Waals surface area contributed by atoms with Crippen molar-refractivity contribution < 1.29 is 27.5 Å². The number of amides is 2. The molecule has 1 unspecified atom stereocenters. The summed E-state index contributed by atoms with van der Waals surface area (Å²) >= 11 is 6.18. The number of nitrogens with one attached hydrogen (secondary N) is 1. The predicted octanol–water partition coefficient (Wildman–Crippen LogP) is 2.69. The molecule has 1 heterocycles. The minimum atomic E-state index is -3.76. The van der Waals surface area contributed by atoms with Crippen molar-refractivity contribution in [2.75, 3.05) is 22.5 Å². The molecule has 3 rings (SSSR count). The first-order valence-electron chi connectivity index (χ1n) is 8.50. The molecule has 8 nitrogen and oxygen atoms in total. The van der Waals surface area contributed by atoms with Crippen LogP contribution in [0.3, 0.4) is 0 Å². The number of carbonyl (C=O) groups is 3. The van der Waals surface area contributed by atoms with E-state index in [0.717, 1.165) is 4.31 Å². The second-order valence-electron chi connectivity index (χ2n) is 6.47. The van der Waals surface area contributed by atoms with Crippen molar-refractivity contribution in [3.63, 3.8) is 0 Å². The number of nitrogens with zero attached hydrogens (tertiary/aromatic N) is 1. The van der Waals surface area contributed by atoms with Gasteiger partial charge in [-0.1, -0.05) is 18.5 Å². The molecule has 0 spiro atoms. The lowest BCUT2D eigenvalue weighted by Gasteiger charge is -2.16. The van der Waals surface area contributed by atoms with Crippen LogP contribution in [0, 0.1) is 5.92 Å². The van der Waals surface area contributed by atoms with Crippen LogP contribution in [0.1, 0.15) is 27.6 Å². The molecule has 0 aromatic heterocycles. The van der Waals surface area contributed by atoms with Gasteiger partial charge in [-0.05, 0) is 42.5 Å². The first-order chi connectivity index (χ1) is 13.6. The van der Waals surface area contributed by atoms with Gasteiger partial charge >= 0.3 is 5.97 Å². The van der Waals surface area contributed by atoms with Crippen LogP contribution in [0.4, 0.5) is 11.4 Å². The maximum atomic E-state index is 12.5. The molecule has 10 heteroatoms. The third kappa shape index (κ3) is 4.10. The van der Waals surface area contributed by atoms with Gasteiger partial charge in [0.15, 0.2) is 0 Å². The standard InChI is InChI=1S/C19H17ClN2O6S/c1-11-10-29(26,27)22(18(11)24)14-7-8-15(16(20)9-14)17(23)21-13-5-3-12(4-6-13)19(25)28-2/h3-9,11H,10H2,1-2H3,(H,21,23). The minimum absolute atomic E-state index is 0.00580. The molecule has 152 valence electrons. The summed E-state index contributed by atoms with van der Waals surface area (Å²) in [5, 5.41) is 2.62. The number of carbonyl (C=O) groups excluding carboxylic acids is 3. The number of hydrogen-bond acceptors (Lipinski definition) is 6. The summed E-state index contributed by atoms with van der Waals surface area (Å²) < 4.78 is 29.7. The Bertz CT molecular complexity index is 1100. The Labute approximate surface area is 172 Å². The Morgan fingerprint density at radius 3 is 2.34 bits per heavy atom. The molecular formula is C19H17ClN2O6S. The van der Waals surface area contributed by atoms with Crippen molar-refractivity contribution in [3.05, 3.63) is 58.6 Å². The number of halogens is 1. The summed E-state index contributed by atoms with van der Waals surface area (Å²) in [6, 6.07) is 10.0. The fourth-order valence-corrected chi connectivity index (χ4v) is 4.98. The quantitative estimate of drug-likeness (QED) is 0.738. The molecule has 1 fully saturated rings. The van der Waals surface area contributed by atoms with E-state index in [1.54, 1.807) is 0 Å². The SMILES string of the molecule is COC(=O)c1ccc(NC(=O)c2ccc(N3C(=O)C(C)CS3(=O)=O)cc2Cl)cc1. The van der Waals surface area contributed by atoms with Crippen LogP contribution >= 0.6 is 11.6 Å². The topological polar surface area (TPSA) is 110 Å². The van der Waals surface area contributed by atoms with E-state index in [4.69, 9.17) is 11.6 Å². The van der Waals surface area contributed by atoms with Crippen molar-refractivity contribution in [2.45, 2.75) is 6.92 Å². The van der Waals surface area contributed by atoms with Crippen molar-refractivity contribution in [1.29, 1.82) is 0 Å². The van der Waals surface area contributed by atoms with E-state index < -0.39 is 33.7 Å². The summed E-state index contributed by atoms with van der Waals surface area (Å²) in [5.41, 5.74) is 0.945. The predicted molar refractivity (Wildman–Crippen MR) is 108 cm³/mol. The molecule has 1 N–H and O–H groups in total. The molecule has 2 aromatic carbocycles. The monoisotopic (exact) mass is 436 g/mol. The molecule has 0 aliphatic carbocycles. The molecule has 1 aliphatic heterocycles. The Morgan fingerprint density at radius 2 is 1.83 bits per heavy atom. The van der Waals surface area contributed by atoms with Crippen molar-refractivity contribution in [3.8, 4) is 0 Å². The molecule has 1 saturated heterocycles. The van der Waals surface area contributed by atoms with Crippen molar-refractivity contribution >= 4 is 50.8 Å². The molecule has 2 amide bonds. The van der Waals surface area contributed by atoms with Gasteiger partial charge in [-0.15, -0.1) is 0 Å². The van der Waals surface area contributed by atoms with E-state index in [9.17, 15) is 22.8 Å². The maximum absolute atomic E-state index is 12.5. The lowest BCUT2D eigenvalue weighted by atomic mass is 10.1. The molecule has 0 saturated carbocycles. The van der Waals surface area contributed by atoms with Crippen LogP contribution in [0.15, 0.2) is 42.5 Å². The number of anilines is 2. The average molecular weight is 437 g/mol. The van der Waals surface area contributed by atoms with Crippen molar-refractivity contribution in [2.24, 2.45) is 5.92 Å². The van der Waals surface area contributed by atoms with Gasteiger partial charge < -0.3 is 10.1 Å². The summed E-state index contributed by atoms with van der Waals surface area (Å²) in [6.07, 6.45) is 0. The van der Waals surface area contributed by atoms with Gasteiger partial charge in [-0.25, -0.2) is 17.5 Å². The zero-order valence-electron chi connectivity index (χ0n) is 15.5. The fraction of sp³-hybridized carbons (Fsp3) is 0.211. The number of esters is 1. The van der Waals surface area contributed by atoms with Gasteiger partial charge in [0.1, 0.15) is 0 Å². The Morgan fingerprint density at radius 1 is 1.17 bits per heavy atom. The minimum Gasteiger partial charge on any atom is -0.465 e. The average Bonchev–Trinajstić information content (AvgIpc) is 2.88. The van der Waals surface area contributed by atoms with Gasteiger partial charge in [0.2, 0.25) is 15.9 Å². The molecule has 0 bridgehead atoms. The number of hydrogen-bond donors (Lipinski definition) is 1. The van der Waals surface area contributed by atoms with Gasteiger partial charge in [-0.3, -0.25) is 9.59 Å². The fourth-order valence-electron chi connectivity index (χ4n) is 2.91. The van der Waals surface area contributed by atoms with Gasteiger partial charge in [-0.2, -0.15) is 0 Å². The van der Waals surface area contributed by atoms with E-state index in [1.165, 1.54) is 56.5 Å². The first-order valence-corrected chi connectivity index (χ1v) is 10.5. The van der Waals surface area contributed by atoms with E-state index >= 15 is 0 Å². The highest BCUT2D eigenvalue weighted by Crippen LogP contribution is 2.31. The summed E-state index contributed by atoms with van der Waals surface area (Å²) in [5.74, 6) is -2.48. The lowest BCUT2D eigenvalue weighted by Crippen LogP contribution is -2.30. The van der Waals surface area contributed by atoms with Gasteiger partial charge in [0.25, 0.3) is 5.91 Å². The first kappa shape index (κ1) is 20.8. The summed E-state index contributed by atoms with van der Waals surface area (Å²) in [6.45, 7) is 1.54. The Kier molecular flexibility index (Phi) is 5.63. The summed E-state index contributed by atoms with van der Waals surface area (Å²) in [4.78, 5) is 36.1. The highest BCUT2D eigenvalue weighted by atomic mass is 35.5. The molecule has 1 aliphatic rings. The Hall–Kier alpha value is -2.91. The molecule has 1 atom stereocenters. The highest BCUT2D eigenvalue weighted by Gasteiger charge is 2.42. The van der Waals surface area contributed by atoms with Gasteiger partial charge in [0, 0.05) is 5.69 Å². The highest BCUT2D eigenvalue weighted by molar-refractivity contribution is 7.94. The second kappa shape index (κ2) is 7.84. The van der Waals surface area contributed by atoms with E-state index in [1.807, 2.05) is 0 Å². The number of methoxy groups -OCH3 is 1. The normalized spacial score (nSPS) is 17.8. The smallest absolute Gasteiger partial charge is 0.337 e. The number of rotatable bonds is 4. The number of ether oxygens (including phenoxy) is 1. The molecular weight excluding hydrogens is 420 g/mol. The summed E-state index contributed by atoms with van der Waals surface area (Å²) in [7, 11) is -2.49. The van der Waals surface area contributed by atoms with E-state index in [2.05, 4.69) is 10.1 Å². The van der Waals surface area contributed by atoms with Crippen LogP contribution in [0.2, 0.25) is 5.02 Å². The lowest BCUT2D eigenvalue weighted by molar-refractivity contribution is -0.119. The van der Waals surface area contributed by atoms with Crippen LogP contribution in [0.25, 0.3) is 0 Å². The van der Waals surface area contributed by atoms with Crippen molar-refractivity contribution in [1.82, 2.24) is 0 Å². The third-order valence-electron chi connectivity index (χ3n) is 4.36. The third-order valence-corrected chi connectivity index (χ3v) is 6.54. The maximum Gasteiger partial charge on any atom is 0.337 e.